The first-order chi connectivity index (χ1) is 16.2. The third kappa shape index (κ3) is 9.25. The van der Waals surface area contributed by atoms with E-state index in [4.69, 9.17) is 4.74 Å². The maximum absolute atomic E-state index is 14.7. The molecule has 1 nitrogen and oxygen atoms in total. The maximum Gasteiger partial charge on any atom is 0.165 e. The Kier molecular flexibility index (Phi) is 12.1. The van der Waals surface area contributed by atoms with Crippen LogP contribution in [0.3, 0.4) is 0 Å². The standard InChI is InChI=1S/C31H51FO/c1-3-5-6-7-8-11-26-17-19-28(20-18-26)29-21-22-31(30(32)24-29)33-23-9-12-27-15-13-25(10-4-2)14-16-27/h21-22,24-28H,3-20,23H2,1-2H3. The van der Waals surface area contributed by atoms with Gasteiger partial charge in [0.15, 0.2) is 11.6 Å². The van der Waals surface area contributed by atoms with Crippen LogP contribution in [-0.2, 0) is 0 Å². The van der Waals surface area contributed by atoms with E-state index in [0.29, 0.717) is 18.3 Å². The summed E-state index contributed by atoms with van der Waals surface area (Å²) in [6.45, 7) is 5.23. The molecule has 188 valence electrons. The van der Waals surface area contributed by atoms with Crippen LogP contribution in [0, 0.1) is 23.6 Å². The molecule has 2 saturated carbocycles. The Bertz CT molecular complexity index is 640. The number of rotatable bonds is 14. The van der Waals surface area contributed by atoms with Gasteiger partial charge < -0.3 is 4.74 Å². The molecule has 3 rings (SSSR count). The van der Waals surface area contributed by atoms with Crippen LogP contribution in [0.5, 0.6) is 5.75 Å². The summed E-state index contributed by atoms with van der Waals surface area (Å²) in [7, 11) is 0. The number of benzene rings is 1. The van der Waals surface area contributed by atoms with Crippen LogP contribution < -0.4 is 4.74 Å². The maximum atomic E-state index is 14.7. The van der Waals surface area contributed by atoms with E-state index in [1.54, 1.807) is 6.07 Å². The summed E-state index contributed by atoms with van der Waals surface area (Å²) >= 11 is 0. The summed E-state index contributed by atoms with van der Waals surface area (Å²) in [6.07, 6.45) is 24.0. The van der Waals surface area contributed by atoms with Crippen LogP contribution >= 0.6 is 0 Å². The average molecular weight is 459 g/mol. The van der Waals surface area contributed by atoms with Crippen molar-refractivity contribution in [3.05, 3.63) is 29.6 Å². The Morgan fingerprint density at radius 1 is 0.697 bits per heavy atom. The molecule has 0 unspecified atom stereocenters. The molecule has 0 aliphatic heterocycles. The van der Waals surface area contributed by atoms with E-state index >= 15 is 0 Å². The van der Waals surface area contributed by atoms with Crippen molar-refractivity contribution in [2.24, 2.45) is 17.8 Å². The number of ether oxygens (including phenoxy) is 1. The second-order valence-corrected chi connectivity index (χ2v) is 11.3. The van der Waals surface area contributed by atoms with Crippen molar-refractivity contribution in [1.29, 1.82) is 0 Å². The highest BCUT2D eigenvalue weighted by atomic mass is 19.1. The van der Waals surface area contributed by atoms with Crippen LogP contribution in [0.4, 0.5) is 4.39 Å². The first-order valence-corrected chi connectivity index (χ1v) is 14.6. The summed E-state index contributed by atoms with van der Waals surface area (Å²) in [5, 5.41) is 0. The second kappa shape index (κ2) is 15.0. The third-order valence-corrected chi connectivity index (χ3v) is 8.67. The van der Waals surface area contributed by atoms with Crippen LogP contribution in [0.1, 0.15) is 141 Å². The molecule has 2 heteroatoms. The predicted octanol–water partition coefficient (Wildman–Crippen LogP) is 10.2. The fraction of sp³-hybridized carbons (Fsp3) is 0.806. The SMILES string of the molecule is CCCCCCCC1CCC(c2ccc(OCCCC3CCC(CCC)CC3)c(F)c2)CC1. The van der Waals surface area contributed by atoms with Gasteiger partial charge in [-0.3, -0.25) is 0 Å². The molecule has 0 amide bonds. The molecule has 0 radical (unpaired) electrons. The van der Waals surface area contributed by atoms with E-state index in [2.05, 4.69) is 19.9 Å². The molecule has 2 aliphatic carbocycles. The Morgan fingerprint density at radius 3 is 1.94 bits per heavy atom. The van der Waals surface area contributed by atoms with Crippen molar-refractivity contribution >= 4 is 0 Å². The predicted molar refractivity (Wildman–Crippen MR) is 140 cm³/mol. The Balaban J connectivity index is 1.31. The van der Waals surface area contributed by atoms with Crippen molar-refractivity contribution in [1.82, 2.24) is 0 Å². The first-order valence-electron chi connectivity index (χ1n) is 14.6. The zero-order valence-electron chi connectivity index (χ0n) is 21.8. The highest BCUT2D eigenvalue weighted by Crippen LogP contribution is 2.39. The van der Waals surface area contributed by atoms with Crippen LogP contribution in [0.15, 0.2) is 18.2 Å². The Morgan fingerprint density at radius 2 is 1.30 bits per heavy atom. The molecule has 33 heavy (non-hydrogen) atoms. The molecule has 2 aliphatic rings. The lowest BCUT2D eigenvalue weighted by Gasteiger charge is -2.29. The molecule has 0 atom stereocenters. The highest BCUT2D eigenvalue weighted by molar-refractivity contribution is 5.31. The van der Waals surface area contributed by atoms with Gasteiger partial charge in [0.25, 0.3) is 0 Å². The second-order valence-electron chi connectivity index (χ2n) is 11.3. The van der Waals surface area contributed by atoms with Crippen molar-refractivity contribution in [2.45, 2.75) is 135 Å². The monoisotopic (exact) mass is 458 g/mol. The summed E-state index contributed by atoms with van der Waals surface area (Å²) in [5.74, 6) is 3.56. The van der Waals surface area contributed by atoms with Crippen LogP contribution in [-0.4, -0.2) is 6.61 Å². The summed E-state index contributed by atoms with van der Waals surface area (Å²) in [4.78, 5) is 0. The first kappa shape index (κ1) is 26.6. The Hall–Kier alpha value is -1.05. The quantitative estimate of drug-likeness (QED) is 0.252. The lowest BCUT2D eigenvalue weighted by molar-refractivity contribution is 0.227. The minimum absolute atomic E-state index is 0.161. The third-order valence-electron chi connectivity index (χ3n) is 8.67. The molecular formula is C31H51FO. The number of hydrogen-bond acceptors (Lipinski definition) is 1. The molecule has 1 aromatic rings. The van der Waals surface area contributed by atoms with Gasteiger partial charge in [-0.25, -0.2) is 4.39 Å². The molecule has 0 bridgehead atoms. The van der Waals surface area contributed by atoms with Crippen molar-refractivity contribution in [2.75, 3.05) is 6.61 Å². The zero-order chi connectivity index (χ0) is 23.3. The van der Waals surface area contributed by atoms with Gasteiger partial charge in [0.05, 0.1) is 6.61 Å². The molecule has 0 saturated heterocycles. The van der Waals surface area contributed by atoms with Gasteiger partial charge in [0, 0.05) is 0 Å². The summed E-state index contributed by atoms with van der Waals surface area (Å²) in [6, 6.07) is 5.78. The topological polar surface area (TPSA) is 9.23 Å². The zero-order valence-corrected chi connectivity index (χ0v) is 21.8. The minimum Gasteiger partial charge on any atom is -0.491 e. The van der Waals surface area contributed by atoms with E-state index in [1.165, 1.54) is 115 Å². The highest BCUT2D eigenvalue weighted by Gasteiger charge is 2.23. The largest absolute Gasteiger partial charge is 0.491 e. The van der Waals surface area contributed by atoms with Gasteiger partial charge in [-0.1, -0.05) is 97.0 Å². The Labute approximate surface area is 204 Å². The fourth-order valence-corrected chi connectivity index (χ4v) is 6.48. The molecule has 0 N–H and O–H groups in total. The van der Waals surface area contributed by atoms with Gasteiger partial charge in [-0.15, -0.1) is 0 Å². The number of hydrogen-bond donors (Lipinski definition) is 0. The van der Waals surface area contributed by atoms with Gasteiger partial charge in [0.2, 0.25) is 0 Å². The van der Waals surface area contributed by atoms with Crippen LogP contribution in [0.25, 0.3) is 0 Å². The molecule has 0 heterocycles. The lowest BCUT2D eigenvalue weighted by Crippen LogP contribution is -2.15. The number of unbranched alkanes of at least 4 members (excludes halogenated alkanes) is 4. The summed E-state index contributed by atoms with van der Waals surface area (Å²) < 4.78 is 20.6. The molecule has 0 spiro atoms. The van der Waals surface area contributed by atoms with Crippen LogP contribution in [0.2, 0.25) is 0 Å². The smallest absolute Gasteiger partial charge is 0.165 e. The summed E-state index contributed by atoms with van der Waals surface area (Å²) in [5.41, 5.74) is 1.19. The molecule has 1 aromatic carbocycles. The molecule has 0 aromatic heterocycles. The van der Waals surface area contributed by atoms with E-state index in [1.807, 2.05) is 6.07 Å². The van der Waals surface area contributed by atoms with Gasteiger partial charge >= 0.3 is 0 Å². The van der Waals surface area contributed by atoms with Gasteiger partial charge in [0.1, 0.15) is 0 Å². The lowest BCUT2D eigenvalue weighted by atomic mass is 9.77. The average Bonchev–Trinajstić information content (AvgIpc) is 2.84. The van der Waals surface area contributed by atoms with E-state index in [0.717, 1.165) is 24.2 Å². The van der Waals surface area contributed by atoms with E-state index in [9.17, 15) is 4.39 Å². The van der Waals surface area contributed by atoms with Crippen molar-refractivity contribution in [3.63, 3.8) is 0 Å². The number of halogens is 1. The molecule has 2 fully saturated rings. The molecular weight excluding hydrogens is 407 g/mol. The van der Waals surface area contributed by atoms with Gasteiger partial charge in [-0.05, 0) is 79.9 Å². The normalized spacial score (nSPS) is 25.8. The van der Waals surface area contributed by atoms with Gasteiger partial charge in [-0.2, -0.15) is 0 Å². The van der Waals surface area contributed by atoms with E-state index in [-0.39, 0.29) is 5.82 Å². The van der Waals surface area contributed by atoms with Crippen molar-refractivity contribution in [3.8, 4) is 5.75 Å². The fourth-order valence-electron chi connectivity index (χ4n) is 6.48. The van der Waals surface area contributed by atoms with E-state index < -0.39 is 0 Å². The van der Waals surface area contributed by atoms with Crippen molar-refractivity contribution < 1.29 is 9.13 Å². The minimum atomic E-state index is -0.161.